The monoisotopic (exact) mass is 868 g/mol. The summed E-state index contributed by atoms with van der Waals surface area (Å²) in [5.41, 5.74) is 12.1. The molecule has 6 aromatic rings. The van der Waals surface area contributed by atoms with Crippen LogP contribution in [0.3, 0.4) is 0 Å². The summed E-state index contributed by atoms with van der Waals surface area (Å²) < 4.78 is 0. The fourth-order valence-electron chi connectivity index (χ4n) is 8.69. The molecule has 0 atom stereocenters. The van der Waals surface area contributed by atoms with Crippen molar-refractivity contribution in [3.63, 3.8) is 0 Å². The highest BCUT2D eigenvalue weighted by atomic mass is 32.1. The van der Waals surface area contributed by atoms with Crippen LogP contribution >= 0.6 is 22.7 Å². The Morgan fingerprint density at radius 1 is 0.508 bits per heavy atom. The third kappa shape index (κ3) is 11.1. The second-order valence-corrected chi connectivity index (χ2v) is 18.4. The lowest BCUT2D eigenvalue weighted by Gasteiger charge is -2.33. The number of rotatable bonds is 18. The predicted molar refractivity (Wildman–Crippen MR) is 273 cm³/mol. The second-order valence-electron chi connectivity index (χ2n) is 16.2. The molecule has 0 aliphatic heterocycles. The van der Waals surface area contributed by atoms with E-state index in [1.54, 1.807) is 22.7 Å². The Morgan fingerprint density at radius 2 is 0.937 bits per heavy atom. The van der Waals surface area contributed by atoms with Crippen LogP contribution in [0.4, 0.5) is 11.4 Å². The molecule has 7 rings (SSSR count). The van der Waals surface area contributed by atoms with E-state index >= 15 is 0 Å². The van der Waals surface area contributed by atoms with Crippen molar-refractivity contribution in [3.05, 3.63) is 162 Å². The first-order chi connectivity index (χ1) is 30.9. The van der Waals surface area contributed by atoms with Crippen molar-refractivity contribution in [2.45, 2.75) is 71.6 Å². The lowest BCUT2D eigenvalue weighted by molar-refractivity contribution is 0.302. The van der Waals surface area contributed by atoms with E-state index < -0.39 is 0 Å². The molecule has 6 heteroatoms. The van der Waals surface area contributed by atoms with E-state index in [4.69, 9.17) is 0 Å². The van der Waals surface area contributed by atoms with Crippen molar-refractivity contribution < 1.29 is 10.2 Å². The number of hydrogen-bond donors (Lipinski definition) is 2. The van der Waals surface area contributed by atoms with Crippen molar-refractivity contribution in [3.8, 4) is 34.8 Å². The van der Waals surface area contributed by atoms with Gasteiger partial charge in [0.1, 0.15) is 0 Å². The molecule has 63 heavy (non-hydrogen) atoms. The average Bonchev–Trinajstić information content (AvgIpc) is 4.05. The first-order valence-corrected chi connectivity index (χ1v) is 24.3. The molecule has 2 N–H and O–H groups in total. The quantitative estimate of drug-likeness (QED) is 0.0845. The predicted octanol–water partition coefficient (Wildman–Crippen LogP) is 13.2. The summed E-state index contributed by atoms with van der Waals surface area (Å²) in [7, 11) is 0. The zero-order valence-corrected chi connectivity index (χ0v) is 38.9. The van der Waals surface area contributed by atoms with Gasteiger partial charge in [-0.2, -0.15) is 0 Å². The summed E-state index contributed by atoms with van der Waals surface area (Å²) in [6, 6.07) is 39.4. The van der Waals surface area contributed by atoms with Gasteiger partial charge in [-0.25, -0.2) is 0 Å². The van der Waals surface area contributed by atoms with E-state index in [1.165, 1.54) is 44.8 Å². The molecule has 4 aromatic carbocycles. The van der Waals surface area contributed by atoms with Crippen molar-refractivity contribution in [2.75, 3.05) is 49.2 Å². The SMILES string of the molecule is CCCCC1(CCCC)c2cc(C#Cc3ccc(C=Cc4ccc(N(CC)CCO)cc4)s3)ccc2-c2ccc(C#Cc3ccc(C=Cc4ccc(N(CC)CCO)cc4)s3)cc21. The molecule has 2 aromatic heterocycles. The maximum Gasteiger partial charge on any atom is 0.0778 e. The molecule has 0 saturated heterocycles. The van der Waals surface area contributed by atoms with Gasteiger partial charge in [0.2, 0.25) is 0 Å². The molecule has 0 unspecified atom stereocenters. The van der Waals surface area contributed by atoms with Gasteiger partial charge in [0.25, 0.3) is 0 Å². The van der Waals surface area contributed by atoms with Crippen LogP contribution in [0.2, 0.25) is 0 Å². The van der Waals surface area contributed by atoms with Crippen LogP contribution < -0.4 is 9.80 Å². The molecule has 0 radical (unpaired) electrons. The van der Waals surface area contributed by atoms with Crippen molar-refractivity contribution in [2.24, 2.45) is 0 Å². The minimum atomic E-state index is -0.0639. The number of benzene rings is 4. The largest absolute Gasteiger partial charge is 0.395 e. The first kappa shape index (κ1) is 45.4. The van der Waals surface area contributed by atoms with Crippen LogP contribution in [0.1, 0.15) is 119 Å². The summed E-state index contributed by atoms with van der Waals surface area (Å²) in [6.07, 6.45) is 15.5. The lowest BCUT2D eigenvalue weighted by Crippen LogP contribution is -2.25. The number of fused-ring (bicyclic) bond motifs is 3. The molecule has 2 heterocycles. The Bertz CT molecular complexity index is 2440. The van der Waals surface area contributed by atoms with E-state index in [0.29, 0.717) is 13.1 Å². The van der Waals surface area contributed by atoms with Gasteiger partial charge in [0.05, 0.1) is 23.0 Å². The maximum absolute atomic E-state index is 9.38. The Kier molecular flexibility index (Phi) is 16.0. The van der Waals surface area contributed by atoms with Crippen LogP contribution in [-0.4, -0.2) is 49.6 Å². The number of nitrogens with zero attached hydrogens (tertiary/aromatic N) is 2. The Morgan fingerprint density at radius 3 is 1.32 bits per heavy atom. The van der Waals surface area contributed by atoms with Gasteiger partial charge in [-0.3, -0.25) is 0 Å². The van der Waals surface area contributed by atoms with Crippen molar-refractivity contribution >= 4 is 58.4 Å². The standard InChI is InChI=1S/C57H60N2O2S2/c1-5-9-35-57(36-10-6-2)55-41-45(17-27-51-31-29-49(62-51)25-15-43-11-21-47(22-12-43)58(7-3)37-39-60)19-33-53(55)54-34-20-46(42-56(54)57)18-28-52-32-30-50(63-52)26-16-44-13-23-48(24-14-44)59(8-4)38-40-61/h11-16,19-26,29-34,41-42,60-61H,5-10,35-40H2,1-4H3. The molecule has 0 fully saturated rings. The summed E-state index contributed by atoms with van der Waals surface area (Å²) in [5.74, 6) is 14.1. The minimum absolute atomic E-state index is 0.0639. The van der Waals surface area contributed by atoms with Crippen LogP contribution in [0.15, 0.2) is 109 Å². The van der Waals surface area contributed by atoms with E-state index in [1.807, 2.05) is 0 Å². The van der Waals surface area contributed by atoms with Crippen LogP contribution in [0.25, 0.3) is 35.4 Å². The summed E-state index contributed by atoms with van der Waals surface area (Å²) >= 11 is 3.44. The van der Waals surface area contributed by atoms with Crippen LogP contribution in [0.5, 0.6) is 0 Å². The maximum atomic E-state index is 9.38. The fraction of sp³-hybridized carbons (Fsp3) is 0.298. The van der Waals surface area contributed by atoms with Gasteiger partial charge in [-0.05, 0) is 145 Å². The molecule has 0 saturated carbocycles. The Balaban J connectivity index is 1.08. The number of likely N-dealkylation sites (N-methyl/N-ethyl adjacent to an activating group) is 2. The summed E-state index contributed by atoms with van der Waals surface area (Å²) in [6.45, 7) is 12.1. The summed E-state index contributed by atoms with van der Waals surface area (Å²) in [5, 5.41) is 18.8. The number of aliphatic hydroxyl groups excluding tert-OH is 2. The van der Waals surface area contributed by atoms with Gasteiger partial charge in [0.15, 0.2) is 0 Å². The van der Waals surface area contributed by atoms with Gasteiger partial charge in [-0.15, -0.1) is 22.7 Å². The van der Waals surface area contributed by atoms with Crippen molar-refractivity contribution in [1.29, 1.82) is 0 Å². The zero-order chi connectivity index (χ0) is 44.0. The molecule has 1 aliphatic rings. The number of anilines is 2. The van der Waals surface area contributed by atoms with Crippen molar-refractivity contribution in [1.82, 2.24) is 0 Å². The molecular weight excluding hydrogens is 809 g/mol. The van der Waals surface area contributed by atoms with E-state index in [-0.39, 0.29) is 18.6 Å². The summed E-state index contributed by atoms with van der Waals surface area (Å²) in [4.78, 5) is 8.81. The minimum Gasteiger partial charge on any atom is -0.395 e. The molecule has 4 nitrogen and oxygen atoms in total. The number of unbranched alkanes of at least 4 members (excludes halogenated alkanes) is 2. The van der Waals surface area contributed by atoms with Gasteiger partial charge < -0.3 is 20.0 Å². The number of thiophene rings is 2. The third-order valence-corrected chi connectivity index (χ3v) is 14.0. The van der Waals surface area contributed by atoms with E-state index in [9.17, 15) is 10.2 Å². The molecule has 0 bridgehead atoms. The molecule has 1 aliphatic carbocycles. The smallest absolute Gasteiger partial charge is 0.0778 e. The molecule has 0 spiro atoms. The number of aliphatic hydroxyl groups is 2. The van der Waals surface area contributed by atoms with Gasteiger partial charge in [0, 0.05) is 63.8 Å². The number of hydrogen-bond acceptors (Lipinski definition) is 6. The first-order valence-electron chi connectivity index (χ1n) is 22.7. The highest BCUT2D eigenvalue weighted by molar-refractivity contribution is 7.13. The topological polar surface area (TPSA) is 46.9 Å². The average molecular weight is 869 g/mol. The Labute approximate surface area is 384 Å². The van der Waals surface area contributed by atoms with Gasteiger partial charge >= 0.3 is 0 Å². The Hall–Kier alpha value is -5.60. The van der Waals surface area contributed by atoms with Crippen LogP contribution in [0, 0.1) is 23.7 Å². The van der Waals surface area contributed by atoms with E-state index in [0.717, 1.165) is 82.2 Å². The molecular formula is C57H60N2O2S2. The van der Waals surface area contributed by atoms with Gasteiger partial charge in [-0.1, -0.05) is 112 Å². The van der Waals surface area contributed by atoms with Crippen LogP contribution in [-0.2, 0) is 5.41 Å². The lowest BCUT2D eigenvalue weighted by atomic mass is 9.70. The highest BCUT2D eigenvalue weighted by Gasteiger charge is 2.42. The highest BCUT2D eigenvalue weighted by Crippen LogP contribution is 2.54. The second kappa shape index (κ2) is 22.2. The van der Waals surface area contributed by atoms with E-state index in [2.05, 4.69) is 195 Å². The molecule has 322 valence electrons. The third-order valence-electron chi connectivity index (χ3n) is 12.1. The molecule has 0 amide bonds. The fourth-order valence-corrected chi connectivity index (χ4v) is 10.2. The zero-order valence-electron chi connectivity index (χ0n) is 37.3. The normalized spacial score (nSPS) is 12.5.